The average Bonchev–Trinajstić information content (AvgIpc) is 3.15. The van der Waals surface area contributed by atoms with Gasteiger partial charge in [0.25, 0.3) is 0 Å². The van der Waals surface area contributed by atoms with Crippen molar-refractivity contribution in [3.8, 4) is 0 Å². The Kier molecular flexibility index (Phi) is 4.50. The van der Waals surface area contributed by atoms with E-state index in [1.807, 2.05) is 0 Å². The predicted octanol–water partition coefficient (Wildman–Crippen LogP) is 3.46. The number of hydrogen-bond acceptors (Lipinski definition) is 3. The second-order valence-electron chi connectivity index (χ2n) is 8.81. The number of carbonyl (C=O) groups is 1. The molecule has 3 atom stereocenters. The topological polar surface area (TPSA) is 41.4 Å². The maximum atomic E-state index is 12.0. The van der Waals surface area contributed by atoms with E-state index >= 15 is 0 Å². The molecule has 1 aromatic carbocycles. The largest absolute Gasteiger partial charge is 0.337 e. The molecule has 0 saturated carbocycles. The van der Waals surface area contributed by atoms with Crippen LogP contribution in [-0.2, 0) is 24.3 Å². The van der Waals surface area contributed by atoms with Gasteiger partial charge in [-0.1, -0.05) is 30.3 Å². The molecule has 1 aromatic heterocycles. The first-order chi connectivity index (χ1) is 13.6. The zero-order valence-corrected chi connectivity index (χ0v) is 17.0. The lowest BCUT2D eigenvalue weighted by Gasteiger charge is -2.40. The Morgan fingerprint density at radius 2 is 1.82 bits per heavy atom. The fourth-order valence-corrected chi connectivity index (χ4v) is 5.93. The van der Waals surface area contributed by atoms with Crippen LogP contribution in [0.5, 0.6) is 0 Å². The van der Waals surface area contributed by atoms with E-state index in [-0.39, 0.29) is 5.91 Å². The van der Waals surface area contributed by atoms with Gasteiger partial charge in [-0.05, 0) is 38.2 Å². The number of imidazole rings is 1. The van der Waals surface area contributed by atoms with E-state index < -0.39 is 0 Å². The van der Waals surface area contributed by atoms with E-state index in [2.05, 4.69) is 51.6 Å². The Morgan fingerprint density at radius 1 is 1.11 bits per heavy atom. The summed E-state index contributed by atoms with van der Waals surface area (Å²) in [6.45, 7) is 6.92. The molecule has 5 nitrogen and oxygen atoms in total. The number of amides is 1. The van der Waals surface area contributed by atoms with Crippen molar-refractivity contribution in [2.45, 2.75) is 77.2 Å². The molecule has 5 heteroatoms. The molecule has 2 fully saturated rings. The van der Waals surface area contributed by atoms with E-state index in [1.54, 1.807) is 6.92 Å². The van der Waals surface area contributed by atoms with Crippen LogP contribution in [0, 0.1) is 6.92 Å². The molecule has 0 radical (unpaired) electrons. The smallest absolute Gasteiger partial charge is 0.219 e. The number of fused-ring (bicyclic) bond motifs is 3. The van der Waals surface area contributed by atoms with Crippen molar-refractivity contribution < 1.29 is 4.79 Å². The molecule has 1 amide bonds. The van der Waals surface area contributed by atoms with Gasteiger partial charge in [-0.3, -0.25) is 9.69 Å². The zero-order chi connectivity index (χ0) is 19.3. The Balaban J connectivity index is 1.34. The van der Waals surface area contributed by atoms with Gasteiger partial charge < -0.3 is 9.47 Å². The molecule has 4 heterocycles. The summed E-state index contributed by atoms with van der Waals surface area (Å²) < 4.78 is 2.54. The van der Waals surface area contributed by atoms with Gasteiger partial charge in [-0.25, -0.2) is 4.98 Å². The monoisotopic (exact) mass is 378 g/mol. The maximum absolute atomic E-state index is 12.0. The fourth-order valence-electron chi connectivity index (χ4n) is 5.93. The minimum atomic E-state index is 0.256. The fraction of sp³-hybridized carbons (Fsp3) is 0.565. The van der Waals surface area contributed by atoms with Gasteiger partial charge in [0.2, 0.25) is 5.91 Å². The van der Waals surface area contributed by atoms with Crippen LogP contribution in [0.2, 0.25) is 0 Å². The van der Waals surface area contributed by atoms with E-state index in [0.29, 0.717) is 18.1 Å². The first kappa shape index (κ1) is 17.9. The first-order valence-corrected chi connectivity index (χ1v) is 10.7. The van der Waals surface area contributed by atoms with Crippen LogP contribution in [0.1, 0.15) is 61.4 Å². The molecule has 28 heavy (non-hydrogen) atoms. The van der Waals surface area contributed by atoms with Gasteiger partial charge >= 0.3 is 0 Å². The molecule has 2 aromatic rings. The molecular weight excluding hydrogens is 348 g/mol. The predicted molar refractivity (Wildman–Crippen MR) is 109 cm³/mol. The van der Waals surface area contributed by atoms with Crippen LogP contribution in [0.4, 0.5) is 0 Å². The summed E-state index contributed by atoms with van der Waals surface area (Å²) in [6.07, 6.45) is 5.59. The quantitative estimate of drug-likeness (QED) is 0.821. The molecule has 0 N–H and O–H groups in total. The Labute approximate surface area is 167 Å². The number of rotatable bonds is 3. The number of aromatic nitrogens is 2. The van der Waals surface area contributed by atoms with E-state index in [4.69, 9.17) is 4.98 Å². The third-order valence-corrected chi connectivity index (χ3v) is 6.99. The lowest BCUT2D eigenvalue weighted by Crippen LogP contribution is -2.46. The molecule has 0 spiro atoms. The standard InChI is InChI=1S/C23H30N4O/c1-16-24-22-15-25(14-18-6-4-3-5-7-18)11-10-23(22)26(16)21-12-19-8-9-20(13-21)27(19)17(2)28/h3-7,19-21H,8-15H2,1-2H3/t19-,20+,21?. The van der Waals surface area contributed by atoms with Crippen LogP contribution < -0.4 is 0 Å². The summed E-state index contributed by atoms with van der Waals surface area (Å²) in [5.74, 6) is 1.42. The molecule has 3 aliphatic rings. The number of aryl methyl sites for hydroxylation is 1. The summed E-state index contributed by atoms with van der Waals surface area (Å²) >= 11 is 0. The van der Waals surface area contributed by atoms with Gasteiger partial charge in [0.15, 0.2) is 0 Å². The Hall–Kier alpha value is -2.14. The van der Waals surface area contributed by atoms with Gasteiger partial charge in [-0.2, -0.15) is 0 Å². The van der Waals surface area contributed by atoms with Crippen molar-refractivity contribution in [3.63, 3.8) is 0 Å². The highest BCUT2D eigenvalue weighted by molar-refractivity contribution is 5.74. The van der Waals surface area contributed by atoms with Crippen LogP contribution in [-0.4, -0.2) is 43.9 Å². The lowest BCUT2D eigenvalue weighted by molar-refractivity contribution is -0.133. The molecule has 1 unspecified atom stereocenters. The van der Waals surface area contributed by atoms with Crippen molar-refractivity contribution in [2.75, 3.05) is 6.54 Å². The summed E-state index contributed by atoms with van der Waals surface area (Å²) in [4.78, 5) is 21.7. The highest BCUT2D eigenvalue weighted by Crippen LogP contribution is 2.42. The van der Waals surface area contributed by atoms with Crippen LogP contribution in [0.25, 0.3) is 0 Å². The molecule has 2 saturated heterocycles. The molecule has 2 bridgehead atoms. The van der Waals surface area contributed by atoms with Gasteiger partial charge in [0.05, 0.1) is 5.69 Å². The molecule has 3 aliphatic heterocycles. The van der Waals surface area contributed by atoms with Crippen molar-refractivity contribution in [3.05, 3.63) is 53.1 Å². The molecular formula is C23H30N4O. The number of hydrogen-bond donors (Lipinski definition) is 0. The highest BCUT2D eigenvalue weighted by atomic mass is 16.2. The lowest BCUT2D eigenvalue weighted by atomic mass is 9.96. The first-order valence-electron chi connectivity index (χ1n) is 10.7. The van der Waals surface area contributed by atoms with Gasteiger partial charge in [-0.15, -0.1) is 0 Å². The van der Waals surface area contributed by atoms with Crippen molar-refractivity contribution in [1.29, 1.82) is 0 Å². The van der Waals surface area contributed by atoms with E-state index in [9.17, 15) is 4.79 Å². The van der Waals surface area contributed by atoms with Crippen molar-refractivity contribution in [1.82, 2.24) is 19.4 Å². The second-order valence-corrected chi connectivity index (χ2v) is 8.81. The van der Waals surface area contributed by atoms with Gasteiger partial charge in [0, 0.05) is 56.8 Å². The summed E-state index contributed by atoms with van der Waals surface area (Å²) in [6, 6.07) is 12.1. The number of piperidine rings is 1. The summed E-state index contributed by atoms with van der Waals surface area (Å²) in [5, 5.41) is 0. The summed E-state index contributed by atoms with van der Waals surface area (Å²) in [5.41, 5.74) is 4.08. The second kappa shape index (κ2) is 7.03. The minimum absolute atomic E-state index is 0.256. The van der Waals surface area contributed by atoms with Crippen molar-refractivity contribution in [2.24, 2.45) is 0 Å². The molecule has 0 aliphatic carbocycles. The van der Waals surface area contributed by atoms with E-state index in [1.165, 1.54) is 29.8 Å². The van der Waals surface area contributed by atoms with Crippen LogP contribution in [0.3, 0.4) is 0 Å². The number of benzene rings is 1. The molecule has 148 valence electrons. The SMILES string of the molecule is CC(=O)N1[C@@H]2CC[C@H]1CC(n1c(C)nc3c1CCN(Cc1ccccc1)C3)C2. The molecule has 5 rings (SSSR count). The Bertz CT molecular complexity index is 860. The summed E-state index contributed by atoms with van der Waals surface area (Å²) in [7, 11) is 0. The third kappa shape index (κ3) is 3.06. The van der Waals surface area contributed by atoms with Crippen LogP contribution in [0.15, 0.2) is 30.3 Å². The van der Waals surface area contributed by atoms with Gasteiger partial charge in [0.1, 0.15) is 5.82 Å². The van der Waals surface area contributed by atoms with E-state index in [0.717, 1.165) is 44.7 Å². The number of carbonyl (C=O) groups excluding carboxylic acids is 1. The number of nitrogens with zero attached hydrogens (tertiary/aromatic N) is 4. The zero-order valence-electron chi connectivity index (χ0n) is 17.0. The normalized spacial score (nSPS) is 27.1. The minimum Gasteiger partial charge on any atom is -0.337 e. The maximum Gasteiger partial charge on any atom is 0.219 e. The van der Waals surface area contributed by atoms with Crippen molar-refractivity contribution >= 4 is 5.91 Å². The highest BCUT2D eigenvalue weighted by Gasteiger charge is 2.43. The Morgan fingerprint density at radius 3 is 2.50 bits per heavy atom. The van der Waals surface area contributed by atoms with Crippen LogP contribution >= 0.6 is 0 Å². The third-order valence-electron chi connectivity index (χ3n) is 6.99. The average molecular weight is 379 g/mol.